The molecule has 0 bridgehead atoms. The van der Waals surface area contributed by atoms with Crippen LogP contribution in [0.4, 0.5) is 0 Å². The number of hydrogen-bond donors (Lipinski definition) is 1. The third kappa shape index (κ3) is 2.45. The van der Waals surface area contributed by atoms with Gasteiger partial charge in [-0.2, -0.15) is 0 Å². The summed E-state index contributed by atoms with van der Waals surface area (Å²) in [5, 5.41) is 11.0. The molecule has 0 spiro atoms. The molecule has 1 heterocycles. The maximum Gasteiger partial charge on any atom is 0.115 e. The van der Waals surface area contributed by atoms with Crippen LogP contribution in [0, 0.1) is 0 Å². The first-order chi connectivity index (χ1) is 6.86. The fraction of sp³-hybridized carbons (Fsp3) is 0.600. The molecule has 1 N–H and O–H groups in total. The van der Waals surface area contributed by atoms with Crippen LogP contribution >= 0.6 is 11.8 Å². The van der Waals surface area contributed by atoms with E-state index < -0.39 is 0 Å². The standard InChI is InChI=1S/C10H14N2OS/c13-8-3-1-2-4-9(8)14-10-7-11-5-6-12-10/h5-9,13H,1-4H2/t8-,9-/m1/s1. The van der Waals surface area contributed by atoms with Crippen molar-refractivity contribution >= 4 is 11.8 Å². The van der Waals surface area contributed by atoms with Gasteiger partial charge in [0.2, 0.25) is 0 Å². The van der Waals surface area contributed by atoms with Crippen molar-refractivity contribution < 1.29 is 5.11 Å². The van der Waals surface area contributed by atoms with E-state index in [1.807, 2.05) is 0 Å². The number of aliphatic hydroxyl groups excluding tert-OH is 1. The average Bonchev–Trinajstić information content (AvgIpc) is 2.23. The SMILES string of the molecule is O[C@@H]1CCCC[C@H]1Sc1cnccn1. The van der Waals surface area contributed by atoms with Gasteiger partial charge in [0.1, 0.15) is 5.03 Å². The predicted octanol–water partition coefficient (Wildman–Crippen LogP) is 1.87. The van der Waals surface area contributed by atoms with Crippen molar-refractivity contribution in [2.45, 2.75) is 42.1 Å². The largest absolute Gasteiger partial charge is 0.392 e. The Morgan fingerprint density at radius 1 is 1.29 bits per heavy atom. The van der Waals surface area contributed by atoms with Crippen LogP contribution in [0.25, 0.3) is 0 Å². The van der Waals surface area contributed by atoms with Crippen molar-refractivity contribution in [1.29, 1.82) is 0 Å². The zero-order chi connectivity index (χ0) is 9.80. The molecule has 0 aromatic carbocycles. The highest BCUT2D eigenvalue weighted by Gasteiger charge is 2.24. The molecule has 0 aliphatic heterocycles. The summed E-state index contributed by atoms with van der Waals surface area (Å²) in [5.41, 5.74) is 0. The predicted molar refractivity (Wildman–Crippen MR) is 56.2 cm³/mol. The Morgan fingerprint density at radius 3 is 2.86 bits per heavy atom. The van der Waals surface area contributed by atoms with Gasteiger partial charge in [-0.15, -0.1) is 0 Å². The first-order valence-corrected chi connectivity index (χ1v) is 5.85. The highest BCUT2D eigenvalue weighted by atomic mass is 32.2. The van der Waals surface area contributed by atoms with Gasteiger partial charge in [0.25, 0.3) is 0 Å². The monoisotopic (exact) mass is 210 g/mol. The molecule has 1 saturated carbocycles. The van der Waals surface area contributed by atoms with E-state index in [1.54, 1.807) is 30.4 Å². The summed E-state index contributed by atoms with van der Waals surface area (Å²) in [7, 11) is 0. The van der Waals surface area contributed by atoms with Crippen molar-refractivity contribution in [2.75, 3.05) is 0 Å². The van der Waals surface area contributed by atoms with Crippen LogP contribution in [0.2, 0.25) is 0 Å². The van der Waals surface area contributed by atoms with Crippen LogP contribution < -0.4 is 0 Å². The van der Waals surface area contributed by atoms with Crippen LogP contribution in [0.3, 0.4) is 0 Å². The Labute approximate surface area is 88.0 Å². The summed E-state index contributed by atoms with van der Waals surface area (Å²) in [6.07, 6.45) is 9.33. The smallest absolute Gasteiger partial charge is 0.115 e. The number of hydrogen-bond acceptors (Lipinski definition) is 4. The topological polar surface area (TPSA) is 46.0 Å². The van der Waals surface area contributed by atoms with E-state index in [0.717, 1.165) is 24.3 Å². The van der Waals surface area contributed by atoms with Gasteiger partial charge in [-0.1, -0.05) is 24.6 Å². The Kier molecular flexibility index (Phi) is 3.37. The van der Waals surface area contributed by atoms with Crippen LogP contribution in [-0.2, 0) is 0 Å². The van der Waals surface area contributed by atoms with Crippen LogP contribution in [0.15, 0.2) is 23.6 Å². The molecule has 1 aromatic heterocycles. The van der Waals surface area contributed by atoms with E-state index in [1.165, 1.54) is 6.42 Å². The van der Waals surface area contributed by atoms with Crippen LogP contribution in [0.1, 0.15) is 25.7 Å². The number of nitrogens with zero attached hydrogens (tertiary/aromatic N) is 2. The fourth-order valence-corrected chi connectivity index (χ4v) is 2.85. The summed E-state index contributed by atoms with van der Waals surface area (Å²) in [4.78, 5) is 8.21. The molecular weight excluding hydrogens is 196 g/mol. The molecule has 76 valence electrons. The quantitative estimate of drug-likeness (QED) is 0.809. The van der Waals surface area contributed by atoms with Crippen molar-refractivity contribution in [3.63, 3.8) is 0 Å². The van der Waals surface area contributed by atoms with Gasteiger partial charge in [0, 0.05) is 17.6 Å². The van der Waals surface area contributed by atoms with Gasteiger partial charge in [-0.3, -0.25) is 4.98 Å². The van der Waals surface area contributed by atoms with Gasteiger partial charge in [-0.05, 0) is 12.8 Å². The Balaban J connectivity index is 1.96. The van der Waals surface area contributed by atoms with E-state index in [0.29, 0.717) is 5.25 Å². The van der Waals surface area contributed by atoms with Gasteiger partial charge in [-0.25, -0.2) is 4.98 Å². The number of thioether (sulfide) groups is 1. The summed E-state index contributed by atoms with van der Waals surface area (Å²) in [5.74, 6) is 0. The van der Waals surface area contributed by atoms with Crippen LogP contribution in [0.5, 0.6) is 0 Å². The molecule has 2 rings (SSSR count). The van der Waals surface area contributed by atoms with E-state index in [2.05, 4.69) is 9.97 Å². The zero-order valence-corrected chi connectivity index (χ0v) is 8.78. The Hall–Kier alpha value is -0.610. The molecule has 0 saturated heterocycles. The maximum atomic E-state index is 9.76. The van der Waals surface area contributed by atoms with Crippen LogP contribution in [-0.4, -0.2) is 26.4 Å². The van der Waals surface area contributed by atoms with E-state index in [4.69, 9.17) is 0 Å². The molecule has 2 atom stereocenters. The minimum absolute atomic E-state index is 0.171. The first kappa shape index (κ1) is 9.93. The molecule has 1 fully saturated rings. The summed E-state index contributed by atoms with van der Waals surface area (Å²) >= 11 is 1.65. The highest BCUT2D eigenvalue weighted by molar-refractivity contribution is 7.99. The third-order valence-electron chi connectivity index (χ3n) is 2.48. The van der Waals surface area contributed by atoms with Crippen molar-refractivity contribution in [3.05, 3.63) is 18.6 Å². The highest BCUT2D eigenvalue weighted by Crippen LogP contribution is 2.32. The molecule has 1 aromatic rings. The molecular formula is C10H14N2OS. The lowest BCUT2D eigenvalue weighted by Crippen LogP contribution is -2.26. The molecule has 3 nitrogen and oxygen atoms in total. The van der Waals surface area contributed by atoms with Crippen molar-refractivity contribution in [1.82, 2.24) is 9.97 Å². The van der Waals surface area contributed by atoms with E-state index in [-0.39, 0.29) is 6.10 Å². The molecule has 1 aliphatic carbocycles. The minimum atomic E-state index is -0.171. The average molecular weight is 210 g/mol. The zero-order valence-electron chi connectivity index (χ0n) is 7.97. The second kappa shape index (κ2) is 4.75. The lowest BCUT2D eigenvalue weighted by molar-refractivity contribution is 0.137. The normalized spacial score (nSPS) is 27.5. The molecule has 1 aliphatic rings. The van der Waals surface area contributed by atoms with Gasteiger partial charge < -0.3 is 5.11 Å². The second-order valence-corrected chi connectivity index (χ2v) is 4.81. The summed E-state index contributed by atoms with van der Waals surface area (Å²) in [6.45, 7) is 0. The summed E-state index contributed by atoms with van der Waals surface area (Å²) in [6, 6.07) is 0. The van der Waals surface area contributed by atoms with E-state index in [9.17, 15) is 5.11 Å². The van der Waals surface area contributed by atoms with Gasteiger partial charge in [0.05, 0.1) is 12.3 Å². The maximum absolute atomic E-state index is 9.76. The van der Waals surface area contributed by atoms with Gasteiger partial charge >= 0.3 is 0 Å². The fourth-order valence-electron chi connectivity index (χ4n) is 1.72. The number of rotatable bonds is 2. The summed E-state index contributed by atoms with van der Waals surface area (Å²) < 4.78 is 0. The lowest BCUT2D eigenvalue weighted by Gasteiger charge is -2.26. The lowest BCUT2D eigenvalue weighted by atomic mass is 9.97. The molecule has 0 radical (unpaired) electrons. The first-order valence-electron chi connectivity index (χ1n) is 4.97. The molecule has 4 heteroatoms. The Morgan fingerprint density at radius 2 is 2.14 bits per heavy atom. The Bertz CT molecular complexity index is 281. The van der Waals surface area contributed by atoms with Crippen molar-refractivity contribution in [3.8, 4) is 0 Å². The van der Waals surface area contributed by atoms with Crippen molar-refractivity contribution in [2.24, 2.45) is 0 Å². The third-order valence-corrected chi connectivity index (χ3v) is 3.78. The minimum Gasteiger partial charge on any atom is -0.392 e. The molecule has 0 amide bonds. The molecule has 0 unspecified atom stereocenters. The number of aliphatic hydroxyl groups is 1. The second-order valence-electron chi connectivity index (χ2n) is 3.55. The van der Waals surface area contributed by atoms with E-state index >= 15 is 0 Å². The van der Waals surface area contributed by atoms with Gasteiger partial charge in [0.15, 0.2) is 0 Å². The number of aromatic nitrogens is 2. The molecule has 14 heavy (non-hydrogen) atoms.